The van der Waals surface area contributed by atoms with Crippen molar-refractivity contribution in [3.8, 4) is 0 Å². The molecule has 0 saturated heterocycles. The maximum Gasteiger partial charge on any atom is 0.295 e. The number of carbonyl (C=O) groups is 1. The predicted molar refractivity (Wildman–Crippen MR) is 54.2 cm³/mol. The molecule has 0 radical (unpaired) electrons. The van der Waals surface area contributed by atoms with Crippen LogP contribution in [0.15, 0.2) is 0 Å². The van der Waals surface area contributed by atoms with Crippen LogP contribution in [0.4, 0.5) is 0 Å². The molecule has 0 aliphatic heterocycles. The van der Waals surface area contributed by atoms with Crippen molar-refractivity contribution < 1.29 is 14.5 Å². The van der Waals surface area contributed by atoms with Gasteiger partial charge in [-0.15, -0.1) is 0 Å². The number of nitrogens with one attached hydrogen (secondary N) is 2. The number of carbonyl (C=O) groups excluding carboxylic acids is 1. The van der Waals surface area contributed by atoms with Crippen LogP contribution in [0.25, 0.3) is 0 Å². The first-order chi connectivity index (χ1) is 7.49. The largest absolute Gasteiger partial charge is 0.441 e. The van der Waals surface area contributed by atoms with Crippen LogP contribution in [0.3, 0.4) is 0 Å². The maximum absolute atomic E-state index is 10.7. The summed E-state index contributed by atoms with van der Waals surface area (Å²) in [4.78, 5) is 20.7. The Kier molecular flexibility index (Phi) is 3.64. The van der Waals surface area contributed by atoms with Gasteiger partial charge in [0, 0.05) is 17.8 Å². The summed E-state index contributed by atoms with van der Waals surface area (Å²) in [5, 5.41) is 20.3. The van der Waals surface area contributed by atoms with E-state index in [2.05, 4.69) is 5.32 Å². The van der Waals surface area contributed by atoms with E-state index in [0.29, 0.717) is 19.3 Å². The average Bonchev–Trinajstić information content (AvgIpc) is 2.16. The van der Waals surface area contributed by atoms with Crippen LogP contribution in [0.1, 0.15) is 25.7 Å². The quantitative estimate of drug-likeness (QED) is 0.150. The molecule has 1 aliphatic rings. The lowest BCUT2D eigenvalue weighted by Gasteiger charge is -2.36. The third kappa shape index (κ3) is 2.81. The lowest BCUT2D eigenvalue weighted by Crippen LogP contribution is -2.56. The molecule has 2 unspecified atom stereocenters. The van der Waals surface area contributed by atoms with Gasteiger partial charge in [0.25, 0.3) is 6.47 Å². The number of nitrogens with zero attached hydrogens (tertiary/aromatic N) is 1. The lowest BCUT2D eigenvalue weighted by atomic mass is 9.88. The fourth-order valence-corrected chi connectivity index (χ4v) is 1.98. The first kappa shape index (κ1) is 12.2. The highest BCUT2D eigenvalue weighted by atomic mass is 16.6. The molecule has 8 nitrogen and oxygen atoms in total. The highest BCUT2D eigenvalue weighted by Crippen LogP contribution is 2.30. The molecule has 4 N–H and O–H groups in total. The van der Waals surface area contributed by atoms with Gasteiger partial charge in [-0.25, -0.2) is 0 Å². The lowest BCUT2D eigenvalue weighted by molar-refractivity contribution is -0.530. The van der Waals surface area contributed by atoms with E-state index < -0.39 is 16.7 Å². The van der Waals surface area contributed by atoms with Gasteiger partial charge < -0.3 is 15.8 Å². The van der Waals surface area contributed by atoms with Gasteiger partial charge in [0.2, 0.25) is 6.04 Å². The van der Waals surface area contributed by atoms with Gasteiger partial charge in [-0.2, -0.15) is 0 Å². The van der Waals surface area contributed by atoms with Crippen molar-refractivity contribution in [1.29, 1.82) is 5.41 Å². The number of guanidine groups is 1. The van der Waals surface area contributed by atoms with Crippen molar-refractivity contribution in [3.63, 3.8) is 0 Å². The fraction of sp³-hybridized carbons (Fsp3) is 0.750. The second-order valence-corrected chi connectivity index (χ2v) is 3.78. The summed E-state index contributed by atoms with van der Waals surface area (Å²) in [6.45, 7) is 0.221. The minimum atomic E-state index is -1.20. The number of nitro groups is 1. The molecule has 0 aromatic rings. The minimum Gasteiger partial charge on any atom is -0.441 e. The second kappa shape index (κ2) is 4.77. The van der Waals surface area contributed by atoms with E-state index in [9.17, 15) is 14.9 Å². The first-order valence-corrected chi connectivity index (χ1v) is 4.86. The Morgan fingerprint density at radius 2 is 2.44 bits per heavy atom. The SMILES string of the molecule is N=C(N)NC1(OC=O)CCCC([N+](=O)[O-])C1. The zero-order valence-electron chi connectivity index (χ0n) is 8.64. The Bertz CT molecular complexity index is 308. The van der Waals surface area contributed by atoms with Crippen LogP contribution in [-0.4, -0.2) is 29.1 Å². The van der Waals surface area contributed by atoms with Gasteiger partial charge in [0.05, 0.1) is 6.42 Å². The monoisotopic (exact) mass is 230 g/mol. The molecule has 1 rings (SSSR count). The molecule has 2 atom stereocenters. The minimum absolute atomic E-state index is 0.0261. The third-order valence-electron chi connectivity index (χ3n) is 2.62. The Hall–Kier alpha value is -1.86. The average molecular weight is 230 g/mol. The molecule has 1 saturated carbocycles. The molecule has 0 spiro atoms. The van der Waals surface area contributed by atoms with Crippen molar-refractivity contribution >= 4 is 12.4 Å². The molecule has 0 aromatic heterocycles. The van der Waals surface area contributed by atoms with Crippen molar-refractivity contribution in [2.24, 2.45) is 5.73 Å². The number of nitrogens with two attached hydrogens (primary N) is 1. The molecule has 0 aromatic carbocycles. The van der Waals surface area contributed by atoms with Crippen LogP contribution >= 0.6 is 0 Å². The molecular formula is C8H14N4O4. The van der Waals surface area contributed by atoms with Crippen molar-refractivity contribution in [2.45, 2.75) is 37.5 Å². The Morgan fingerprint density at radius 3 is 2.94 bits per heavy atom. The number of rotatable bonds is 4. The van der Waals surface area contributed by atoms with Crippen LogP contribution in [0, 0.1) is 15.5 Å². The van der Waals surface area contributed by atoms with Crippen LogP contribution in [0.2, 0.25) is 0 Å². The zero-order valence-corrected chi connectivity index (χ0v) is 8.64. The summed E-state index contributed by atoms with van der Waals surface area (Å²) in [5.41, 5.74) is 3.96. The highest BCUT2D eigenvalue weighted by molar-refractivity contribution is 5.75. The third-order valence-corrected chi connectivity index (χ3v) is 2.62. The summed E-state index contributed by atoms with van der Waals surface area (Å²) in [5.74, 6) is -0.370. The van der Waals surface area contributed by atoms with Crippen LogP contribution in [0.5, 0.6) is 0 Å². The molecule has 1 aliphatic carbocycles. The zero-order chi connectivity index (χ0) is 12.2. The molecule has 90 valence electrons. The summed E-state index contributed by atoms with van der Waals surface area (Å²) in [6.07, 6.45) is 1.42. The summed E-state index contributed by atoms with van der Waals surface area (Å²) < 4.78 is 4.84. The Morgan fingerprint density at radius 1 is 1.75 bits per heavy atom. The van der Waals surface area contributed by atoms with E-state index in [4.69, 9.17) is 15.9 Å². The standard InChI is InChI=1S/C8H14N4O4/c9-7(10)11-8(16-5-13)3-1-2-6(4-8)12(14)15/h5-6H,1-4H2,(H4,9,10,11). The number of ether oxygens (including phenoxy) is 1. The van der Waals surface area contributed by atoms with E-state index >= 15 is 0 Å². The smallest absolute Gasteiger partial charge is 0.295 e. The Balaban J connectivity index is 2.78. The number of hydrogen-bond acceptors (Lipinski definition) is 5. The summed E-state index contributed by atoms with van der Waals surface area (Å²) in [6, 6.07) is -0.777. The topological polar surface area (TPSA) is 131 Å². The van der Waals surface area contributed by atoms with Gasteiger partial charge in [-0.3, -0.25) is 20.3 Å². The van der Waals surface area contributed by atoms with Crippen LogP contribution < -0.4 is 11.1 Å². The molecule has 0 bridgehead atoms. The first-order valence-electron chi connectivity index (χ1n) is 4.86. The van der Waals surface area contributed by atoms with Gasteiger partial charge in [-0.1, -0.05) is 0 Å². The number of hydrogen-bond donors (Lipinski definition) is 3. The van der Waals surface area contributed by atoms with Crippen molar-refractivity contribution in [3.05, 3.63) is 10.1 Å². The molecule has 0 heterocycles. The fourth-order valence-electron chi connectivity index (χ4n) is 1.98. The van der Waals surface area contributed by atoms with Crippen LogP contribution in [-0.2, 0) is 9.53 Å². The normalized spacial score (nSPS) is 29.1. The van der Waals surface area contributed by atoms with E-state index in [0.717, 1.165) is 0 Å². The van der Waals surface area contributed by atoms with Gasteiger partial charge >= 0.3 is 0 Å². The Labute approximate surface area is 91.8 Å². The molecule has 0 amide bonds. The molecule has 8 heteroatoms. The second-order valence-electron chi connectivity index (χ2n) is 3.78. The van der Waals surface area contributed by atoms with Crippen molar-refractivity contribution in [2.75, 3.05) is 0 Å². The van der Waals surface area contributed by atoms with Gasteiger partial charge in [0.15, 0.2) is 11.7 Å². The van der Waals surface area contributed by atoms with E-state index in [1.807, 2.05) is 0 Å². The summed E-state index contributed by atoms with van der Waals surface area (Å²) >= 11 is 0. The van der Waals surface area contributed by atoms with Gasteiger partial charge in [-0.05, 0) is 6.42 Å². The van der Waals surface area contributed by atoms with Gasteiger partial charge in [0.1, 0.15) is 0 Å². The highest BCUT2D eigenvalue weighted by Gasteiger charge is 2.43. The predicted octanol–water partition coefficient (Wildman–Crippen LogP) is -0.442. The maximum atomic E-state index is 10.7. The van der Waals surface area contributed by atoms with E-state index in [1.54, 1.807) is 0 Å². The van der Waals surface area contributed by atoms with E-state index in [1.165, 1.54) is 0 Å². The molecule has 16 heavy (non-hydrogen) atoms. The molecular weight excluding hydrogens is 216 g/mol. The van der Waals surface area contributed by atoms with Crippen molar-refractivity contribution in [1.82, 2.24) is 5.32 Å². The summed E-state index contributed by atoms with van der Waals surface area (Å²) in [7, 11) is 0. The van der Waals surface area contributed by atoms with E-state index in [-0.39, 0.29) is 18.9 Å². The molecule has 1 fully saturated rings.